The zero-order chi connectivity index (χ0) is 16.1. The maximum Gasteiger partial charge on any atom is 0.375 e. The number of esters is 1. The monoisotopic (exact) mass is 302 g/mol. The van der Waals surface area contributed by atoms with E-state index in [2.05, 4.69) is 15.2 Å². The summed E-state index contributed by atoms with van der Waals surface area (Å²) in [4.78, 5) is 25.9. The summed E-state index contributed by atoms with van der Waals surface area (Å²) in [6.07, 6.45) is 1.22. The Morgan fingerprint density at radius 1 is 1.55 bits per heavy atom. The van der Waals surface area contributed by atoms with Gasteiger partial charge in [0.15, 0.2) is 11.6 Å². The molecule has 2 aromatic heterocycles. The molecule has 0 saturated carbocycles. The van der Waals surface area contributed by atoms with Gasteiger partial charge >= 0.3 is 11.9 Å². The summed E-state index contributed by atoms with van der Waals surface area (Å²) >= 11 is 0. The molecule has 0 unspecified atom stereocenters. The van der Waals surface area contributed by atoms with Crippen molar-refractivity contribution in [3.8, 4) is 17.7 Å². The average Bonchev–Trinajstić information content (AvgIpc) is 3.13. The fraction of sp³-hybridized carbons (Fsp3) is 0.154. The normalized spacial score (nSPS) is 11.0. The molecule has 0 aliphatic heterocycles. The lowest BCUT2D eigenvalue weighted by molar-refractivity contribution is -0.137. The van der Waals surface area contributed by atoms with Gasteiger partial charge in [-0.3, -0.25) is 5.10 Å². The third kappa shape index (κ3) is 3.18. The number of H-pyrrole nitrogens is 1. The molecule has 112 valence electrons. The zero-order valence-electron chi connectivity index (χ0n) is 11.4. The van der Waals surface area contributed by atoms with E-state index >= 15 is 0 Å². The number of nitrogens with one attached hydrogen (secondary N) is 1. The maximum atomic E-state index is 11.5. The van der Waals surface area contributed by atoms with Gasteiger partial charge in [0.2, 0.25) is 0 Å². The van der Waals surface area contributed by atoms with E-state index in [-0.39, 0.29) is 29.5 Å². The molecule has 2 heterocycles. The molecule has 0 bridgehead atoms. The van der Waals surface area contributed by atoms with Crippen molar-refractivity contribution in [1.82, 2.24) is 15.2 Å². The number of carboxylic acids is 1. The SMILES string of the molecule is CCOC(=O)/C(C#N)=C\c1ccc(-c2nc(C(=O)O)n[nH]2)o1. The lowest BCUT2D eigenvalue weighted by Gasteiger charge is -1.98. The van der Waals surface area contributed by atoms with Crippen LogP contribution in [0.5, 0.6) is 0 Å². The van der Waals surface area contributed by atoms with E-state index in [0.29, 0.717) is 0 Å². The van der Waals surface area contributed by atoms with Gasteiger partial charge in [-0.1, -0.05) is 0 Å². The number of aromatic nitrogens is 3. The Kier molecular flexibility index (Phi) is 4.33. The first-order valence-corrected chi connectivity index (χ1v) is 6.10. The Labute approximate surface area is 123 Å². The Morgan fingerprint density at radius 2 is 2.32 bits per heavy atom. The summed E-state index contributed by atoms with van der Waals surface area (Å²) in [5, 5.41) is 23.6. The topological polar surface area (TPSA) is 142 Å². The molecule has 2 rings (SSSR count). The number of hydrogen-bond acceptors (Lipinski definition) is 7. The van der Waals surface area contributed by atoms with Crippen molar-refractivity contribution in [2.24, 2.45) is 0 Å². The van der Waals surface area contributed by atoms with Gasteiger partial charge in [0, 0.05) is 6.08 Å². The molecule has 2 N–H and O–H groups in total. The molecule has 0 amide bonds. The molecule has 0 atom stereocenters. The number of aromatic amines is 1. The Bertz CT molecular complexity index is 780. The minimum atomic E-state index is -1.27. The van der Waals surface area contributed by atoms with Gasteiger partial charge in [-0.2, -0.15) is 10.2 Å². The minimum absolute atomic E-state index is 0.117. The van der Waals surface area contributed by atoms with E-state index in [1.807, 2.05) is 0 Å². The minimum Gasteiger partial charge on any atom is -0.475 e. The van der Waals surface area contributed by atoms with Crippen LogP contribution in [-0.2, 0) is 9.53 Å². The number of carbonyl (C=O) groups is 2. The first kappa shape index (κ1) is 15.0. The predicted octanol–water partition coefficient (Wildman–Crippen LogP) is 1.23. The van der Waals surface area contributed by atoms with Crippen molar-refractivity contribution in [3.05, 3.63) is 29.3 Å². The number of carboxylic acid groups (broad SMARTS) is 1. The molecule has 0 fully saturated rings. The molecule has 0 spiro atoms. The maximum absolute atomic E-state index is 11.5. The molecule has 22 heavy (non-hydrogen) atoms. The summed E-state index contributed by atoms with van der Waals surface area (Å²) in [7, 11) is 0. The smallest absolute Gasteiger partial charge is 0.375 e. The Morgan fingerprint density at radius 3 is 2.91 bits per heavy atom. The number of hydrogen-bond donors (Lipinski definition) is 2. The molecule has 0 aromatic carbocycles. The second-order valence-electron chi connectivity index (χ2n) is 3.91. The van der Waals surface area contributed by atoms with Crippen LogP contribution < -0.4 is 0 Å². The van der Waals surface area contributed by atoms with E-state index in [4.69, 9.17) is 19.5 Å². The van der Waals surface area contributed by atoms with Crippen LogP contribution in [0.1, 0.15) is 23.3 Å². The van der Waals surface area contributed by atoms with Crippen molar-refractivity contribution in [2.75, 3.05) is 6.61 Å². The summed E-state index contributed by atoms with van der Waals surface area (Å²) in [5.41, 5.74) is -0.216. The van der Waals surface area contributed by atoms with Crippen LogP contribution >= 0.6 is 0 Å². The van der Waals surface area contributed by atoms with Crippen LogP contribution in [0, 0.1) is 11.3 Å². The standard InChI is InChI=1S/C13H10N4O5/c1-2-21-13(20)7(6-14)5-8-3-4-9(22-8)10-15-11(12(18)19)17-16-10/h3-5H,2H2,1H3,(H,18,19)(H,15,16,17)/b7-5-. The Hall–Kier alpha value is -3.41. The van der Waals surface area contributed by atoms with E-state index in [1.54, 1.807) is 13.0 Å². The summed E-state index contributed by atoms with van der Waals surface area (Å²) in [5.74, 6) is -1.88. The van der Waals surface area contributed by atoms with Crippen molar-refractivity contribution in [3.63, 3.8) is 0 Å². The van der Waals surface area contributed by atoms with Crippen LogP contribution in [0.25, 0.3) is 17.7 Å². The highest BCUT2D eigenvalue weighted by atomic mass is 16.5. The highest BCUT2D eigenvalue weighted by molar-refractivity contribution is 5.97. The van der Waals surface area contributed by atoms with Crippen LogP contribution in [0.2, 0.25) is 0 Å². The van der Waals surface area contributed by atoms with Gasteiger partial charge in [0.25, 0.3) is 5.82 Å². The van der Waals surface area contributed by atoms with Crippen LogP contribution in [-0.4, -0.2) is 38.8 Å². The Balaban J connectivity index is 2.25. The molecule has 0 radical (unpaired) electrons. The fourth-order valence-electron chi connectivity index (χ4n) is 1.51. The predicted molar refractivity (Wildman–Crippen MR) is 71.3 cm³/mol. The lowest BCUT2D eigenvalue weighted by Crippen LogP contribution is -2.05. The molecule has 2 aromatic rings. The highest BCUT2D eigenvalue weighted by Crippen LogP contribution is 2.20. The molecule has 9 heteroatoms. The van der Waals surface area contributed by atoms with Gasteiger partial charge < -0.3 is 14.3 Å². The lowest BCUT2D eigenvalue weighted by atomic mass is 10.2. The number of ether oxygens (including phenoxy) is 1. The number of rotatable bonds is 5. The molecule has 0 aliphatic carbocycles. The number of nitrogens with zero attached hydrogens (tertiary/aromatic N) is 3. The first-order chi connectivity index (χ1) is 10.5. The van der Waals surface area contributed by atoms with Gasteiger partial charge in [0.1, 0.15) is 17.4 Å². The van der Waals surface area contributed by atoms with Gasteiger partial charge in [-0.05, 0) is 19.1 Å². The molecule has 0 aliphatic rings. The molecule has 9 nitrogen and oxygen atoms in total. The second kappa shape index (κ2) is 6.36. The van der Waals surface area contributed by atoms with E-state index < -0.39 is 17.8 Å². The number of aromatic carboxylic acids is 1. The average molecular weight is 302 g/mol. The summed E-state index contributed by atoms with van der Waals surface area (Å²) < 4.78 is 10.1. The zero-order valence-corrected chi connectivity index (χ0v) is 11.4. The molecular weight excluding hydrogens is 292 g/mol. The van der Waals surface area contributed by atoms with Gasteiger partial charge in [-0.25, -0.2) is 9.59 Å². The van der Waals surface area contributed by atoms with E-state index in [1.165, 1.54) is 18.2 Å². The van der Waals surface area contributed by atoms with E-state index in [0.717, 1.165) is 0 Å². The van der Waals surface area contributed by atoms with Gasteiger partial charge in [-0.15, -0.1) is 5.10 Å². The van der Waals surface area contributed by atoms with E-state index in [9.17, 15) is 9.59 Å². The second-order valence-corrected chi connectivity index (χ2v) is 3.91. The summed E-state index contributed by atoms with van der Waals surface area (Å²) in [6, 6.07) is 4.71. The van der Waals surface area contributed by atoms with Crippen molar-refractivity contribution < 1.29 is 23.8 Å². The first-order valence-electron chi connectivity index (χ1n) is 6.10. The number of carbonyl (C=O) groups excluding carboxylic acids is 1. The van der Waals surface area contributed by atoms with Crippen molar-refractivity contribution >= 4 is 18.0 Å². The third-order valence-electron chi connectivity index (χ3n) is 2.44. The number of furan rings is 1. The quantitative estimate of drug-likeness (QED) is 0.477. The van der Waals surface area contributed by atoms with Crippen LogP contribution in [0.15, 0.2) is 22.1 Å². The third-order valence-corrected chi connectivity index (χ3v) is 2.44. The van der Waals surface area contributed by atoms with Crippen molar-refractivity contribution in [2.45, 2.75) is 6.92 Å². The fourth-order valence-corrected chi connectivity index (χ4v) is 1.51. The molecular formula is C13H10N4O5. The summed E-state index contributed by atoms with van der Waals surface area (Å²) in [6.45, 7) is 1.78. The van der Waals surface area contributed by atoms with Crippen LogP contribution in [0.3, 0.4) is 0 Å². The van der Waals surface area contributed by atoms with Crippen molar-refractivity contribution in [1.29, 1.82) is 5.26 Å². The molecule has 0 saturated heterocycles. The van der Waals surface area contributed by atoms with Gasteiger partial charge in [0.05, 0.1) is 6.61 Å². The van der Waals surface area contributed by atoms with Crippen LogP contribution in [0.4, 0.5) is 0 Å². The highest BCUT2D eigenvalue weighted by Gasteiger charge is 2.15. The largest absolute Gasteiger partial charge is 0.475 e. The number of nitriles is 1.